The summed E-state index contributed by atoms with van der Waals surface area (Å²) in [6, 6.07) is 29.0. The molecule has 1 saturated heterocycles. The summed E-state index contributed by atoms with van der Waals surface area (Å²) in [6.07, 6.45) is -3.85. The summed E-state index contributed by atoms with van der Waals surface area (Å²) in [5, 5.41) is 18.9. The second kappa shape index (κ2) is 28.0. The zero-order valence-electron chi connectivity index (χ0n) is 45.6. The molecule has 0 aliphatic carbocycles. The van der Waals surface area contributed by atoms with Gasteiger partial charge in [-0.15, -0.1) is 0 Å². The van der Waals surface area contributed by atoms with Crippen molar-refractivity contribution in [1.82, 2.24) is 50.1 Å². The Kier molecular flexibility index (Phi) is 19.9. The van der Waals surface area contributed by atoms with Crippen LogP contribution in [0.3, 0.4) is 0 Å². The van der Waals surface area contributed by atoms with Crippen LogP contribution in [0.15, 0.2) is 136 Å². The number of amides is 5. The summed E-state index contributed by atoms with van der Waals surface area (Å²) in [6.45, 7) is 2.67. The standard InChI is InChI=1S/C58H57F5N12O9S/c1-2-74-55(80)42-28-37-10-6-7-11-38(37)29-43(42)71-57(74)85-50(35-8-4-3-5-9-35)56(81)73-23-19-40(31-73)68-48(77)17-16-47(76)65-21-24-82-26-27-83-25-22-66-52(78)36-12-14-41(15-13-36)75-32-44(49(72-75)51(59)60)69-53(79)45-33-84-54(70-45)39-18-20-64-46(30-39)67-34-58(61,62)63/h3-15,18,20,28-30,32-33,40,50-51H,2,16-17,19,21-27,31,34H2,1H3,(H,64,67)(H,65,76)(H,66,78)(H,68,77)(H,69,79)/t40-,50?/m0/s1. The Morgan fingerprint density at radius 3 is 2.25 bits per heavy atom. The maximum absolute atomic E-state index is 14.3. The smallest absolute Gasteiger partial charge is 0.405 e. The van der Waals surface area contributed by atoms with Crippen molar-refractivity contribution in [2.75, 3.05) is 69.8 Å². The van der Waals surface area contributed by atoms with E-state index in [1.807, 2.05) is 73.7 Å². The molecular weight excluding hydrogens is 1140 g/mol. The lowest BCUT2D eigenvalue weighted by Gasteiger charge is -2.24. The van der Waals surface area contributed by atoms with Crippen LogP contribution in [0.4, 0.5) is 33.5 Å². The molecular formula is C58H57F5N12O9S. The number of carbonyl (C=O) groups excluding carboxylic acids is 5. The fourth-order valence-corrected chi connectivity index (χ4v) is 10.4. The highest BCUT2D eigenvalue weighted by Gasteiger charge is 2.34. The summed E-state index contributed by atoms with van der Waals surface area (Å²) in [5.41, 5.74) is 0.439. The van der Waals surface area contributed by atoms with Gasteiger partial charge in [0.1, 0.15) is 23.9 Å². The van der Waals surface area contributed by atoms with Crippen molar-refractivity contribution in [3.05, 3.63) is 155 Å². The third-order valence-corrected chi connectivity index (χ3v) is 14.6. The van der Waals surface area contributed by atoms with E-state index in [4.69, 9.17) is 18.9 Å². The monoisotopic (exact) mass is 1190 g/mol. The number of anilines is 2. The fourth-order valence-electron chi connectivity index (χ4n) is 9.12. The largest absolute Gasteiger partial charge is 0.444 e. The minimum atomic E-state index is -4.49. The van der Waals surface area contributed by atoms with Crippen LogP contribution in [0.2, 0.25) is 0 Å². The number of nitrogens with zero attached hydrogens (tertiary/aromatic N) is 7. The van der Waals surface area contributed by atoms with E-state index in [1.165, 1.54) is 54.4 Å². The van der Waals surface area contributed by atoms with Gasteiger partial charge in [0.05, 0.1) is 54.9 Å². The van der Waals surface area contributed by atoms with E-state index in [1.54, 1.807) is 9.47 Å². The van der Waals surface area contributed by atoms with Gasteiger partial charge in [-0.1, -0.05) is 66.4 Å². The third kappa shape index (κ3) is 16.0. The van der Waals surface area contributed by atoms with Gasteiger partial charge >= 0.3 is 6.18 Å². The lowest BCUT2D eigenvalue weighted by Crippen LogP contribution is -2.40. The van der Waals surface area contributed by atoms with E-state index in [-0.39, 0.29) is 128 Å². The molecule has 4 aromatic heterocycles. The number of carbonyl (C=O) groups is 5. The molecule has 21 nitrogen and oxygen atoms in total. The number of aromatic nitrogens is 6. The van der Waals surface area contributed by atoms with Crippen LogP contribution < -0.4 is 32.1 Å². The van der Waals surface area contributed by atoms with Gasteiger partial charge in [-0.05, 0) is 78.2 Å². The average molecular weight is 1190 g/mol. The Hall–Kier alpha value is -9.08. The fraction of sp³-hybridized carbons (Fsp3) is 0.310. The predicted octanol–water partition coefficient (Wildman–Crippen LogP) is 7.88. The van der Waals surface area contributed by atoms with E-state index >= 15 is 0 Å². The molecule has 8 aromatic rings. The molecule has 85 heavy (non-hydrogen) atoms. The number of fused-ring (bicyclic) bond motifs is 2. The van der Waals surface area contributed by atoms with Crippen molar-refractivity contribution in [2.45, 2.75) is 61.8 Å². The number of alkyl halides is 5. The molecule has 1 aliphatic heterocycles. The molecule has 0 bridgehead atoms. The highest BCUT2D eigenvalue weighted by Crippen LogP contribution is 2.37. The summed E-state index contributed by atoms with van der Waals surface area (Å²) >= 11 is 1.23. The van der Waals surface area contributed by atoms with Gasteiger partial charge in [0, 0.05) is 68.9 Å². The molecule has 0 radical (unpaired) electrons. The van der Waals surface area contributed by atoms with E-state index in [2.05, 4.69) is 41.7 Å². The molecule has 9 rings (SSSR count). The number of rotatable bonds is 26. The number of nitrogens with one attached hydrogen (secondary N) is 5. The molecule has 4 aromatic carbocycles. The maximum atomic E-state index is 14.3. The topological polar surface area (TPSA) is 259 Å². The molecule has 5 heterocycles. The number of benzene rings is 4. The van der Waals surface area contributed by atoms with Crippen molar-refractivity contribution < 1.29 is 59.8 Å². The highest BCUT2D eigenvalue weighted by molar-refractivity contribution is 8.00. The first-order chi connectivity index (χ1) is 41.0. The van der Waals surface area contributed by atoms with Crippen LogP contribution in [0, 0.1) is 0 Å². The maximum Gasteiger partial charge on any atom is 0.405 e. The minimum Gasteiger partial charge on any atom is -0.444 e. The molecule has 1 fully saturated rings. The van der Waals surface area contributed by atoms with Gasteiger partial charge in [0.25, 0.3) is 23.8 Å². The van der Waals surface area contributed by atoms with Crippen molar-refractivity contribution in [2.24, 2.45) is 0 Å². The lowest BCUT2D eigenvalue weighted by atomic mass is 10.1. The Morgan fingerprint density at radius 2 is 1.53 bits per heavy atom. The number of likely N-dealkylation sites (tertiary alicyclic amines) is 1. The summed E-state index contributed by atoms with van der Waals surface area (Å²) in [5.74, 6) is -2.46. The number of thioether (sulfide) groups is 1. The van der Waals surface area contributed by atoms with Crippen LogP contribution >= 0.6 is 11.8 Å². The number of hydrogen-bond donors (Lipinski definition) is 5. The number of ether oxygens (including phenoxy) is 2. The quantitative estimate of drug-likeness (QED) is 0.0114. The van der Waals surface area contributed by atoms with Gasteiger partial charge in [0.15, 0.2) is 16.5 Å². The summed E-state index contributed by atoms with van der Waals surface area (Å²) in [4.78, 5) is 93.9. The SMILES string of the molecule is CCn1c(SC(C(=O)N2CC[C@H](NC(=O)CCC(=O)NCCOCCOCCNC(=O)c3ccc(-n4cc(NC(=O)c5coc(-c6ccnc(NCC(F)(F)F)c6)n5)c(C(F)F)n4)cc3)C2)c2ccccc2)nc2cc3ccccc3cc2c1=O. The zero-order chi connectivity index (χ0) is 60.0. The third-order valence-electron chi connectivity index (χ3n) is 13.4. The molecule has 27 heteroatoms. The molecule has 5 amide bonds. The van der Waals surface area contributed by atoms with Crippen molar-refractivity contribution in [3.8, 4) is 17.1 Å². The first-order valence-electron chi connectivity index (χ1n) is 27.0. The molecule has 1 aliphatic rings. The molecule has 1 unspecified atom stereocenters. The first kappa shape index (κ1) is 60.5. The Labute approximate surface area is 486 Å². The van der Waals surface area contributed by atoms with Crippen molar-refractivity contribution in [3.63, 3.8) is 0 Å². The van der Waals surface area contributed by atoms with Crippen LogP contribution in [-0.2, 0) is 30.4 Å². The number of halogens is 5. The van der Waals surface area contributed by atoms with E-state index < -0.39 is 41.9 Å². The minimum absolute atomic E-state index is 0.0505. The molecule has 0 spiro atoms. The van der Waals surface area contributed by atoms with Crippen LogP contribution in [0.1, 0.15) is 70.0 Å². The molecule has 0 saturated carbocycles. The Balaban J connectivity index is 0.640. The van der Waals surface area contributed by atoms with Crippen LogP contribution in [0.5, 0.6) is 0 Å². The summed E-state index contributed by atoms with van der Waals surface area (Å²) in [7, 11) is 0. The van der Waals surface area contributed by atoms with E-state index in [9.17, 15) is 50.7 Å². The highest BCUT2D eigenvalue weighted by atomic mass is 32.2. The zero-order valence-corrected chi connectivity index (χ0v) is 46.4. The Morgan fingerprint density at radius 1 is 0.824 bits per heavy atom. The number of pyridine rings is 1. The van der Waals surface area contributed by atoms with Gasteiger partial charge in [-0.25, -0.2) is 28.4 Å². The number of hydrogen-bond acceptors (Lipinski definition) is 15. The van der Waals surface area contributed by atoms with Crippen molar-refractivity contribution in [1.29, 1.82) is 0 Å². The van der Waals surface area contributed by atoms with E-state index in [0.29, 0.717) is 35.6 Å². The van der Waals surface area contributed by atoms with Gasteiger partial charge in [0.2, 0.25) is 23.6 Å². The van der Waals surface area contributed by atoms with Gasteiger partial charge in [-0.2, -0.15) is 18.3 Å². The molecule has 5 N–H and O–H groups in total. The lowest BCUT2D eigenvalue weighted by molar-refractivity contribution is -0.130. The second-order valence-corrected chi connectivity index (χ2v) is 20.4. The number of oxazole rings is 1. The van der Waals surface area contributed by atoms with Crippen LogP contribution in [-0.4, -0.2) is 135 Å². The Bertz CT molecular complexity index is 3730. The van der Waals surface area contributed by atoms with Crippen LogP contribution in [0.25, 0.3) is 38.8 Å². The summed E-state index contributed by atoms with van der Waals surface area (Å²) < 4.78 is 85.1. The van der Waals surface area contributed by atoms with Crippen molar-refractivity contribution >= 4 is 74.5 Å². The van der Waals surface area contributed by atoms with E-state index in [0.717, 1.165) is 33.5 Å². The van der Waals surface area contributed by atoms with Gasteiger partial charge in [-0.3, -0.25) is 33.3 Å². The molecule has 444 valence electrons. The molecule has 2 atom stereocenters. The normalized spacial score (nSPS) is 13.7. The second-order valence-electron chi connectivity index (χ2n) is 19.3. The average Bonchev–Trinajstić information content (AvgIpc) is 4.43. The first-order valence-corrected chi connectivity index (χ1v) is 27.8. The predicted molar refractivity (Wildman–Crippen MR) is 304 cm³/mol. The van der Waals surface area contributed by atoms with Gasteiger partial charge < -0.3 is 45.4 Å².